The molecule has 2 heterocycles. The molecule has 2 N–H and O–H groups in total. The number of likely N-dealkylation sites (tertiary alicyclic amines) is 1. The van der Waals surface area contributed by atoms with Crippen LogP contribution >= 0.6 is 12.4 Å². The van der Waals surface area contributed by atoms with E-state index >= 15 is 0 Å². The summed E-state index contributed by atoms with van der Waals surface area (Å²) in [6.07, 6.45) is 5.05. The van der Waals surface area contributed by atoms with Gasteiger partial charge in [-0.1, -0.05) is 13.8 Å². The molecule has 4 nitrogen and oxygen atoms in total. The standard InChI is InChI=1S/C15H23N3O.ClH/c1-3-15(4-2)6-8-18(11-15)14(19)12-5-7-17-13(9-12)10-16;/h5,7,9H,3-4,6,8,10-11,16H2,1-2H3;1H. The van der Waals surface area contributed by atoms with E-state index in [0.29, 0.717) is 17.5 Å². The van der Waals surface area contributed by atoms with E-state index in [1.54, 1.807) is 18.3 Å². The molecule has 0 aromatic carbocycles. The van der Waals surface area contributed by atoms with E-state index in [0.717, 1.165) is 38.0 Å². The normalized spacial score (nSPS) is 16.9. The van der Waals surface area contributed by atoms with Crippen molar-refractivity contribution in [1.29, 1.82) is 0 Å². The van der Waals surface area contributed by atoms with Crippen LogP contribution in [0.5, 0.6) is 0 Å². The van der Waals surface area contributed by atoms with Gasteiger partial charge in [0.25, 0.3) is 5.91 Å². The average molecular weight is 298 g/mol. The smallest absolute Gasteiger partial charge is 0.253 e. The Morgan fingerprint density at radius 3 is 2.70 bits per heavy atom. The second-order valence-corrected chi connectivity index (χ2v) is 5.42. The fraction of sp³-hybridized carbons (Fsp3) is 0.600. The largest absolute Gasteiger partial charge is 0.338 e. The second-order valence-electron chi connectivity index (χ2n) is 5.42. The first kappa shape index (κ1) is 16.9. The summed E-state index contributed by atoms with van der Waals surface area (Å²) in [6.45, 7) is 6.54. The lowest BCUT2D eigenvalue weighted by molar-refractivity contribution is 0.0769. The number of pyridine rings is 1. The van der Waals surface area contributed by atoms with Crippen molar-refractivity contribution in [3.63, 3.8) is 0 Å². The molecule has 1 aromatic heterocycles. The maximum Gasteiger partial charge on any atom is 0.253 e. The maximum atomic E-state index is 12.5. The average Bonchev–Trinajstić information content (AvgIpc) is 2.91. The molecule has 0 atom stereocenters. The van der Waals surface area contributed by atoms with Crippen molar-refractivity contribution in [1.82, 2.24) is 9.88 Å². The Balaban J connectivity index is 0.00000200. The first-order valence-corrected chi connectivity index (χ1v) is 7.08. The van der Waals surface area contributed by atoms with Crippen molar-refractivity contribution in [2.24, 2.45) is 11.1 Å². The molecule has 1 amide bonds. The monoisotopic (exact) mass is 297 g/mol. The van der Waals surface area contributed by atoms with Gasteiger partial charge in [0.15, 0.2) is 0 Å². The molecule has 5 heteroatoms. The zero-order valence-corrected chi connectivity index (χ0v) is 13.1. The lowest BCUT2D eigenvalue weighted by atomic mass is 9.82. The summed E-state index contributed by atoms with van der Waals surface area (Å²) >= 11 is 0. The Bertz CT molecular complexity index is 460. The van der Waals surface area contributed by atoms with Gasteiger partial charge in [0.1, 0.15) is 0 Å². The Kier molecular flexibility index (Phi) is 5.96. The summed E-state index contributed by atoms with van der Waals surface area (Å²) in [5, 5.41) is 0. The number of carbonyl (C=O) groups excluding carboxylic acids is 1. The number of hydrogen-bond donors (Lipinski definition) is 1. The molecule has 1 aliphatic heterocycles. The molecule has 0 spiro atoms. The molecule has 1 aliphatic rings. The number of carbonyl (C=O) groups is 1. The van der Waals surface area contributed by atoms with Crippen LogP contribution in [0.15, 0.2) is 18.3 Å². The van der Waals surface area contributed by atoms with E-state index in [4.69, 9.17) is 5.73 Å². The molecule has 112 valence electrons. The van der Waals surface area contributed by atoms with Crippen molar-refractivity contribution in [3.8, 4) is 0 Å². The molecule has 0 saturated carbocycles. The molecule has 1 aromatic rings. The minimum Gasteiger partial charge on any atom is -0.338 e. The Morgan fingerprint density at radius 2 is 2.15 bits per heavy atom. The third-order valence-electron chi connectivity index (χ3n) is 4.50. The van der Waals surface area contributed by atoms with Crippen molar-refractivity contribution in [3.05, 3.63) is 29.6 Å². The number of nitrogens with two attached hydrogens (primary N) is 1. The van der Waals surface area contributed by atoms with Gasteiger partial charge in [-0.3, -0.25) is 9.78 Å². The topological polar surface area (TPSA) is 59.2 Å². The fourth-order valence-corrected chi connectivity index (χ4v) is 2.84. The summed E-state index contributed by atoms with van der Waals surface area (Å²) in [6, 6.07) is 3.58. The summed E-state index contributed by atoms with van der Waals surface area (Å²) in [4.78, 5) is 18.6. The van der Waals surface area contributed by atoms with Gasteiger partial charge in [0.05, 0.1) is 5.69 Å². The second kappa shape index (κ2) is 7.04. The van der Waals surface area contributed by atoms with Gasteiger partial charge in [0, 0.05) is 31.4 Å². The summed E-state index contributed by atoms with van der Waals surface area (Å²) in [7, 11) is 0. The Hall–Kier alpha value is -1.13. The first-order chi connectivity index (χ1) is 9.14. The maximum absolute atomic E-state index is 12.5. The fourth-order valence-electron chi connectivity index (χ4n) is 2.84. The summed E-state index contributed by atoms with van der Waals surface area (Å²) in [5.41, 5.74) is 7.36. The molecule has 0 radical (unpaired) electrons. The van der Waals surface area contributed by atoms with Crippen LogP contribution in [0, 0.1) is 5.41 Å². The van der Waals surface area contributed by atoms with Crippen LogP contribution in [-0.2, 0) is 6.54 Å². The molecule has 1 saturated heterocycles. The van der Waals surface area contributed by atoms with Gasteiger partial charge in [-0.25, -0.2) is 0 Å². The van der Waals surface area contributed by atoms with Crippen molar-refractivity contribution in [2.45, 2.75) is 39.7 Å². The van der Waals surface area contributed by atoms with Crippen molar-refractivity contribution < 1.29 is 4.79 Å². The van der Waals surface area contributed by atoms with Crippen LogP contribution in [0.2, 0.25) is 0 Å². The number of halogens is 1. The van der Waals surface area contributed by atoms with Crippen molar-refractivity contribution in [2.75, 3.05) is 13.1 Å². The van der Waals surface area contributed by atoms with E-state index in [-0.39, 0.29) is 18.3 Å². The molecule has 0 bridgehead atoms. The SMILES string of the molecule is CCC1(CC)CCN(C(=O)c2ccnc(CN)c2)C1.Cl. The van der Waals surface area contributed by atoms with E-state index in [9.17, 15) is 4.79 Å². The van der Waals surface area contributed by atoms with Crippen LogP contribution in [0.1, 0.15) is 49.2 Å². The molecule has 0 unspecified atom stereocenters. The van der Waals surface area contributed by atoms with E-state index < -0.39 is 0 Å². The van der Waals surface area contributed by atoms with E-state index in [2.05, 4.69) is 18.8 Å². The zero-order chi connectivity index (χ0) is 13.9. The molecule has 2 rings (SSSR count). The first-order valence-electron chi connectivity index (χ1n) is 7.08. The highest BCUT2D eigenvalue weighted by Crippen LogP contribution is 2.37. The zero-order valence-electron chi connectivity index (χ0n) is 12.3. The highest BCUT2D eigenvalue weighted by molar-refractivity contribution is 5.94. The third kappa shape index (κ3) is 3.30. The van der Waals surface area contributed by atoms with E-state index in [1.165, 1.54) is 0 Å². The molecule has 0 aliphatic carbocycles. The van der Waals surface area contributed by atoms with E-state index in [1.807, 2.05) is 4.90 Å². The van der Waals surface area contributed by atoms with Crippen LogP contribution in [0.4, 0.5) is 0 Å². The number of rotatable bonds is 4. The number of aromatic nitrogens is 1. The predicted octanol–water partition coefficient (Wildman–Crippen LogP) is 2.61. The van der Waals surface area contributed by atoms with Crippen molar-refractivity contribution >= 4 is 18.3 Å². The lowest BCUT2D eigenvalue weighted by Gasteiger charge is -2.26. The van der Waals surface area contributed by atoms with Gasteiger partial charge in [-0.2, -0.15) is 0 Å². The van der Waals surface area contributed by atoms with Gasteiger partial charge < -0.3 is 10.6 Å². The van der Waals surface area contributed by atoms with Gasteiger partial charge in [0.2, 0.25) is 0 Å². The lowest BCUT2D eigenvalue weighted by Crippen LogP contribution is -2.31. The Morgan fingerprint density at radius 1 is 1.45 bits per heavy atom. The molecule has 20 heavy (non-hydrogen) atoms. The quantitative estimate of drug-likeness (QED) is 0.929. The molecular weight excluding hydrogens is 274 g/mol. The van der Waals surface area contributed by atoms with Crippen LogP contribution in [0.25, 0.3) is 0 Å². The predicted molar refractivity (Wildman–Crippen MR) is 82.9 cm³/mol. The number of hydrogen-bond acceptors (Lipinski definition) is 3. The van der Waals surface area contributed by atoms with Gasteiger partial charge in [-0.15, -0.1) is 12.4 Å². The highest BCUT2D eigenvalue weighted by Gasteiger charge is 2.37. The van der Waals surface area contributed by atoms with Gasteiger partial charge in [-0.05, 0) is 36.8 Å². The third-order valence-corrected chi connectivity index (χ3v) is 4.50. The number of amides is 1. The minimum absolute atomic E-state index is 0. The molecule has 1 fully saturated rings. The van der Waals surface area contributed by atoms with Crippen LogP contribution in [-0.4, -0.2) is 28.9 Å². The number of nitrogens with zero attached hydrogens (tertiary/aromatic N) is 2. The van der Waals surface area contributed by atoms with Gasteiger partial charge >= 0.3 is 0 Å². The minimum atomic E-state index is 0. The van der Waals surface area contributed by atoms with Crippen LogP contribution < -0.4 is 5.73 Å². The summed E-state index contributed by atoms with van der Waals surface area (Å²) < 4.78 is 0. The summed E-state index contributed by atoms with van der Waals surface area (Å²) in [5.74, 6) is 0.112. The highest BCUT2D eigenvalue weighted by atomic mass is 35.5. The molecular formula is C15H24ClN3O. The Labute approximate surface area is 127 Å². The van der Waals surface area contributed by atoms with Crippen LogP contribution in [0.3, 0.4) is 0 Å².